The maximum Gasteiger partial charge on any atom is 0.0133 e. The molecule has 0 nitrogen and oxygen atoms in total. The Balaban J connectivity index is 2.53. The highest BCUT2D eigenvalue weighted by Crippen LogP contribution is 2.04. The summed E-state index contributed by atoms with van der Waals surface area (Å²) < 4.78 is 0. The molecule has 0 saturated heterocycles. The summed E-state index contributed by atoms with van der Waals surface area (Å²) in [6.07, 6.45) is 6.56. The first-order chi connectivity index (χ1) is 3.91. The topological polar surface area (TPSA) is 0 Å². The molecule has 0 unspecified atom stereocenters. The summed E-state index contributed by atoms with van der Waals surface area (Å²) in [4.78, 5) is 0. The molecule has 0 bridgehead atoms. The van der Waals surface area contributed by atoms with Gasteiger partial charge in [0.25, 0.3) is 0 Å². The molecule has 0 aromatic carbocycles. The molecule has 0 aliphatic carbocycles. The zero-order chi connectivity index (χ0) is 6.24. The van der Waals surface area contributed by atoms with Crippen molar-refractivity contribution in [2.75, 3.05) is 0 Å². The second-order valence-corrected chi connectivity index (χ2v) is 2.40. The molecular formula is C7H15S. The van der Waals surface area contributed by atoms with Crippen LogP contribution in [0.2, 0.25) is 0 Å². The third-order valence-corrected chi connectivity index (χ3v) is 1.44. The molecule has 0 aromatic heterocycles. The van der Waals surface area contributed by atoms with Crippen molar-refractivity contribution in [2.24, 2.45) is 0 Å². The standard InChI is InChI=1S/C7H15S/c1-2-3-4-5-6-7-8/h7-8H,2-6H2,1H3. The Labute approximate surface area is 58.1 Å². The zero-order valence-corrected chi connectivity index (χ0v) is 6.45. The number of rotatable bonds is 5. The van der Waals surface area contributed by atoms with Crippen molar-refractivity contribution < 1.29 is 0 Å². The summed E-state index contributed by atoms with van der Waals surface area (Å²) in [5.41, 5.74) is 0. The molecule has 0 spiro atoms. The van der Waals surface area contributed by atoms with E-state index in [2.05, 4.69) is 19.6 Å². The van der Waals surface area contributed by atoms with Gasteiger partial charge < -0.3 is 0 Å². The summed E-state index contributed by atoms with van der Waals surface area (Å²) in [5, 5.41) is 0. The Morgan fingerprint density at radius 3 is 2.50 bits per heavy atom. The van der Waals surface area contributed by atoms with Gasteiger partial charge in [-0.15, -0.1) is 0 Å². The largest absolute Gasteiger partial charge is 0.175 e. The first-order valence-corrected chi connectivity index (χ1v) is 3.89. The summed E-state index contributed by atoms with van der Waals surface area (Å²) in [6.45, 7) is 2.23. The monoisotopic (exact) mass is 131 g/mol. The summed E-state index contributed by atoms with van der Waals surface area (Å²) in [5.74, 6) is 1.94. The van der Waals surface area contributed by atoms with Gasteiger partial charge in [-0.3, -0.25) is 0 Å². The van der Waals surface area contributed by atoms with Crippen molar-refractivity contribution in [3.63, 3.8) is 0 Å². The number of thiol groups is 1. The molecule has 0 aliphatic heterocycles. The molecule has 0 aromatic rings. The summed E-state index contributed by atoms with van der Waals surface area (Å²) >= 11 is 4.00. The predicted octanol–water partition coefficient (Wildman–Crippen LogP) is 3.05. The average Bonchev–Trinajstić information content (AvgIpc) is 1.81. The van der Waals surface area contributed by atoms with Crippen LogP contribution < -0.4 is 0 Å². The van der Waals surface area contributed by atoms with Gasteiger partial charge in [0.2, 0.25) is 0 Å². The summed E-state index contributed by atoms with van der Waals surface area (Å²) in [6, 6.07) is 0. The number of unbranched alkanes of at least 4 members (excludes halogenated alkanes) is 4. The van der Waals surface area contributed by atoms with Crippen molar-refractivity contribution in [3.8, 4) is 0 Å². The van der Waals surface area contributed by atoms with Crippen LogP contribution in [0.3, 0.4) is 0 Å². The molecule has 0 fully saturated rings. The first-order valence-electron chi connectivity index (χ1n) is 3.37. The first kappa shape index (κ1) is 8.35. The highest BCUT2D eigenvalue weighted by molar-refractivity contribution is 7.82. The Morgan fingerprint density at radius 1 is 1.25 bits per heavy atom. The lowest BCUT2D eigenvalue weighted by molar-refractivity contribution is 0.671. The van der Waals surface area contributed by atoms with Gasteiger partial charge in [0.15, 0.2) is 0 Å². The van der Waals surface area contributed by atoms with E-state index in [0.29, 0.717) is 0 Å². The van der Waals surface area contributed by atoms with Crippen molar-refractivity contribution in [3.05, 3.63) is 5.75 Å². The lowest BCUT2D eigenvalue weighted by atomic mass is 10.2. The quantitative estimate of drug-likeness (QED) is 0.430. The van der Waals surface area contributed by atoms with Gasteiger partial charge in [-0.2, -0.15) is 12.6 Å². The Bertz CT molecular complexity index is 29.4. The normalized spacial score (nSPS) is 9.75. The second kappa shape index (κ2) is 7.35. The Hall–Kier alpha value is 0.350. The number of hydrogen-bond donors (Lipinski definition) is 1. The van der Waals surface area contributed by atoms with Crippen molar-refractivity contribution in [1.82, 2.24) is 0 Å². The van der Waals surface area contributed by atoms with E-state index >= 15 is 0 Å². The molecule has 0 atom stereocenters. The summed E-state index contributed by atoms with van der Waals surface area (Å²) in [7, 11) is 0. The van der Waals surface area contributed by atoms with E-state index in [1.165, 1.54) is 32.1 Å². The van der Waals surface area contributed by atoms with E-state index < -0.39 is 0 Å². The molecule has 0 rings (SSSR count). The van der Waals surface area contributed by atoms with E-state index in [0.717, 1.165) is 0 Å². The van der Waals surface area contributed by atoms with Crippen LogP contribution in [0.1, 0.15) is 39.0 Å². The SMILES string of the molecule is CCCCCC[CH]S. The Kier molecular flexibility index (Phi) is 7.67. The molecule has 1 radical (unpaired) electrons. The van der Waals surface area contributed by atoms with E-state index in [-0.39, 0.29) is 0 Å². The van der Waals surface area contributed by atoms with Crippen LogP contribution in [-0.2, 0) is 0 Å². The maximum absolute atomic E-state index is 4.00. The third-order valence-electron chi connectivity index (χ3n) is 1.19. The fourth-order valence-electron chi connectivity index (χ4n) is 0.662. The average molecular weight is 131 g/mol. The van der Waals surface area contributed by atoms with Crippen LogP contribution in [0, 0.1) is 5.75 Å². The zero-order valence-electron chi connectivity index (χ0n) is 5.56. The smallest absolute Gasteiger partial charge is 0.0133 e. The van der Waals surface area contributed by atoms with Gasteiger partial charge in [0.05, 0.1) is 0 Å². The van der Waals surface area contributed by atoms with Crippen LogP contribution in [0.4, 0.5) is 0 Å². The van der Waals surface area contributed by atoms with Gasteiger partial charge in [0, 0.05) is 5.75 Å². The van der Waals surface area contributed by atoms with Crippen LogP contribution in [0.25, 0.3) is 0 Å². The van der Waals surface area contributed by atoms with E-state index in [9.17, 15) is 0 Å². The predicted molar refractivity (Wildman–Crippen MR) is 42.0 cm³/mol. The van der Waals surface area contributed by atoms with Gasteiger partial charge in [-0.05, 0) is 6.42 Å². The molecular weight excluding hydrogens is 116 g/mol. The fourth-order valence-corrected chi connectivity index (χ4v) is 0.845. The van der Waals surface area contributed by atoms with Gasteiger partial charge in [-0.1, -0.05) is 32.6 Å². The fraction of sp³-hybridized carbons (Fsp3) is 0.857. The van der Waals surface area contributed by atoms with Crippen molar-refractivity contribution in [2.45, 2.75) is 39.0 Å². The van der Waals surface area contributed by atoms with E-state index in [1.54, 1.807) is 0 Å². The third kappa shape index (κ3) is 6.35. The molecule has 0 aliphatic rings. The molecule has 0 heterocycles. The molecule has 0 N–H and O–H groups in total. The van der Waals surface area contributed by atoms with Crippen LogP contribution in [0.5, 0.6) is 0 Å². The van der Waals surface area contributed by atoms with Crippen LogP contribution >= 0.6 is 12.6 Å². The Morgan fingerprint density at radius 2 is 2.00 bits per heavy atom. The van der Waals surface area contributed by atoms with Crippen molar-refractivity contribution in [1.29, 1.82) is 0 Å². The second-order valence-electron chi connectivity index (χ2n) is 2.03. The van der Waals surface area contributed by atoms with Gasteiger partial charge >= 0.3 is 0 Å². The lowest BCUT2D eigenvalue weighted by Gasteiger charge is -1.93. The highest BCUT2D eigenvalue weighted by atomic mass is 32.1. The minimum absolute atomic E-state index is 1.17. The molecule has 0 saturated carbocycles. The maximum atomic E-state index is 4.00. The molecule has 49 valence electrons. The molecule has 1 heteroatoms. The van der Waals surface area contributed by atoms with Crippen LogP contribution in [-0.4, -0.2) is 0 Å². The van der Waals surface area contributed by atoms with E-state index in [1.807, 2.05) is 5.75 Å². The van der Waals surface area contributed by atoms with Crippen LogP contribution in [0.15, 0.2) is 0 Å². The molecule has 0 amide bonds. The number of hydrogen-bond acceptors (Lipinski definition) is 1. The molecule has 8 heavy (non-hydrogen) atoms. The minimum atomic E-state index is 1.17. The van der Waals surface area contributed by atoms with Gasteiger partial charge in [0.1, 0.15) is 0 Å². The van der Waals surface area contributed by atoms with E-state index in [4.69, 9.17) is 0 Å². The minimum Gasteiger partial charge on any atom is -0.175 e. The van der Waals surface area contributed by atoms with Crippen molar-refractivity contribution >= 4 is 12.6 Å². The highest BCUT2D eigenvalue weighted by Gasteiger charge is 1.84. The lowest BCUT2D eigenvalue weighted by Crippen LogP contribution is -1.73. The van der Waals surface area contributed by atoms with Gasteiger partial charge in [-0.25, -0.2) is 0 Å².